The first-order chi connectivity index (χ1) is 19.0. The molecular formula is C26H31F3N8O3. The van der Waals surface area contributed by atoms with Gasteiger partial charge in [-0.3, -0.25) is 14.5 Å². The number of hydrogen-bond donors (Lipinski definition) is 2. The average Bonchev–Trinajstić information content (AvgIpc) is 3.43. The van der Waals surface area contributed by atoms with Crippen LogP contribution in [0, 0.1) is 5.92 Å². The molecule has 0 unspecified atom stereocenters. The number of methoxy groups -OCH3 is 1. The standard InChI is InChI=1S/C26H31F3N8O3/c1-14(2)4-21(38)36-9-18(27)19(10-36)34-24(39)17-5-15(7-31-25(17)40-3)20-6-16(8-35-11-26(28,29)12-35)22-23(30)32-13-33-37(20)22/h5-7,13-14,18-19H,4,8-12H2,1-3H3,(H,34,39)(H2,30,32,33)/t18-,19+/m0/s1. The largest absolute Gasteiger partial charge is 0.480 e. The van der Waals surface area contributed by atoms with Crippen molar-refractivity contribution in [1.82, 2.24) is 34.7 Å². The number of anilines is 1. The number of halogens is 3. The number of carbonyl (C=O) groups excluding carboxylic acids is 2. The summed E-state index contributed by atoms with van der Waals surface area (Å²) in [6.45, 7) is 3.28. The van der Waals surface area contributed by atoms with Gasteiger partial charge in [-0.25, -0.2) is 27.7 Å². The van der Waals surface area contributed by atoms with E-state index in [1.54, 1.807) is 11.0 Å². The maximum atomic E-state index is 14.8. The molecule has 3 aromatic heterocycles. The molecule has 2 amide bonds. The normalized spacial score (nSPS) is 20.6. The Kier molecular flexibility index (Phi) is 7.29. The number of nitrogen functional groups attached to an aromatic ring is 1. The van der Waals surface area contributed by atoms with Gasteiger partial charge in [-0.1, -0.05) is 13.8 Å². The molecule has 5 heterocycles. The van der Waals surface area contributed by atoms with Crippen LogP contribution in [0.3, 0.4) is 0 Å². The van der Waals surface area contributed by atoms with Crippen molar-refractivity contribution in [3.05, 3.63) is 35.8 Å². The van der Waals surface area contributed by atoms with Gasteiger partial charge in [0.1, 0.15) is 23.6 Å². The molecule has 11 nitrogen and oxygen atoms in total. The topological polar surface area (TPSA) is 131 Å². The van der Waals surface area contributed by atoms with Crippen molar-refractivity contribution in [3.8, 4) is 17.1 Å². The Bertz CT molecular complexity index is 1440. The van der Waals surface area contributed by atoms with Crippen LogP contribution in [0.5, 0.6) is 5.88 Å². The molecule has 214 valence electrons. The minimum absolute atomic E-state index is 0.0282. The number of carbonyl (C=O) groups is 2. The highest BCUT2D eigenvalue weighted by Crippen LogP contribution is 2.34. The second-order valence-electron chi connectivity index (χ2n) is 10.7. The molecule has 14 heteroatoms. The first kappa shape index (κ1) is 27.6. The molecule has 2 saturated heterocycles. The van der Waals surface area contributed by atoms with E-state index in [1.807, 2.05) is 13.8 Å². The van der Waals surface area contributed by atoms with E-state index in [2.05, 4.69) is 20.4 Å². The van der Waals surface area contributed by atoms with Crippen LogP contribution in [0.1, 0.15) is 36.2 Å². The summed E-state index contributed by atoms with van der Waals surface area (Å²) in [6.07, 6.45) is 1.63. The first-order valence-electron chi connectivity index (χ1n) is 12.9. The van der Waals surface area contributed by atoms with Crippen LogP contribution >= 0.6 is 0 Å². The van der Waals surface area contributed by atoms with Crippen molar-refractivity contribution >= 4 is 23.1 Å². The summed E-state index contributed by atoms with van der Waals surface area (Å²) in [5.74, 6) is -3.16. The minimum Gasteiger partial charge on any atom is -0.480 e. The molecule has 0 aliphatic carbocycles. The van der Waals surface area contributed by atoms with Gasteiger partial charge in [0.2, 0.25) is 11.8 Å². The van der Waals surface area contributed by atoms with E-state index >= 15 is 0 Å². The number of pyridine rings is 1. The molecule has 0 spiro atoms. The number of nitrogens with one attached hydrogen (secondary N) is 1. The van der Waals surface area contributed by atoms with Crippen LogP contribution in [0.25, 0.3) is 16.8 Å². The van der Waals surface area contributed by atoms with Gasteiger partial charge >= 0.3 is 0 Å². The van der Waals surface area contributed by atoms with Crippen molar-refractivity contribution in [2.45, 2.75) is 44.9 Å². The van der Waals surface area contributed by atoms with Gasteiger partial charge in [0, 0.05) is 31.3 Å². The van der Waals surface area contributed by atoms with Gasteiger partial charge < -0.3 is 20.7 Å². The van der Waals surface area contributed by atoms with Gasteiger partial charge in [-0.15, -0.1) is 0 Å². The third kappa shape index (κ3) is 5.40. The van der Waals surface area contributed by atoms with Crippen LogP contribution in [-0.2, 0) is 11.3 Å². The Hall–Kier alpha value is -3.94. The predicted molar refractivity (Wildman–Crippen MR) is 140 cm³/mol. The lowest BCUT2D eigenvalue weighted by atomic mass is 10.1. The number of alkyl halides is 3. The fraction of sp³-hybridized carbons (Fsp3) is 0.500. The van der Waals surface area contributed by atoms with Gasteiger partial charge in [0.25, 0.3) is 11.8 Å². The molecule has 3 aromatic rings. The molecule has 2 aliphatic heterocycles. The summed E-state index contributed by atoms with van der Waals surface area (Å²) < 4.78 is 48.5. The SMILES string of the molecule is COc1ncc(-c2cc(CN3CC(F)(F)C3)c3c(N)ncnn23)cc1C(=O)N[C@@H]1CN(C(=O)CC(C)C)C[C@@H]1F. The zero-order valence-electron chi connectivity index (χ0n) is 22.4. The lowest BCUT2D eigenvalue weighted by Gasteiger charge is -2.38. The van der Waals surface area contributed by atoms with Crippen molar-refractivity contribution in [3.63, 3.8) is 0 Å². The second-order valence-corrected chi connectivity index (χ2v) is 10.7. The molecule has 0 radical (unpaired) electrons. The lowest BCUT2D eigenvalue weighted by molar-refractivity contribution is -0.133. The Labute approximate surface area is 228 Å². The maximum Gasteiger partial charge on any atom is 0.272 e. The monoisotopic (exact) mass is 560 g/mol. The van der Waals surface area contributed by atoms with Crippen LogP contribution in [0.15, 0.2) is 24.7 Å². The van der Waals surface area contributed by atoms with Crippen molar-refractivity contribution in [2.24, 2.45) is 5.92 Å². The molecule has 0 aromatic carbocycles. The van der Waals surface area contributed by atoms with Crippen LogP contribution in [-0.4, -0.2) is 92.6 Å². The summed E-state index contributed by atoms with van der Waals surface area (Å²) in [7, 11) is 1.36. The Morgan fingerprint density at radius 3 is 2.65 bits per heavy atom. The van der Waals surface area contributed by atoms with E-state index in [0.717, 1.165) is 0 Å². The third-order valence-corrected chi connectivity index (χ3v) is 7.05. The molecule has 2 atom stereocenters. The number of nitrogens with zero attached hydrogens (tertiary/aromatic N) is 6. The van der Waals surface area contributed by atoms with Crippen LogP contribution < -0.4 is 15.8 Å². The average molecular weight is 561 g/mol. The zero-order valence-corrected chi connectivity index (χ0v) is 22.4. The summed E-state index contributed by atoms with van der Waals surface area (Å²) in [5.41, 5.74) is 8.26. The number of fused-ring (bicyclic) bond motifs is 1. The van der Waals surface area contributed by atoms with E-state index in [0.29, 0.717) is 28.8 Å². The molecule has 2 aliphatic rings. The van der Waals surface area contributed by atoms with Crippen LogP contribution in [0.2, 0.25) is 0 Å². The van der Waals surface area contributed by atoms with E-state index in [4.69, 9.17) is 10.5 Å². The van der Waals surface area contributed by atoms with Gasteiger partial charge in [-0.2, -0.15) is 5.10 Å². The van der Waals surface area contributed by atoms with E-state index in [1.165, 1.54) is 35.1 Å². The number of ether oxygens (including phenoxy) is 1. The Morgan fingerprint density at radius 2 is 1.98 bits per heavy atom. The summed E-state index contributed by atoms with van der Waals surface area (Å²) in [4.78, 5) is 37.0. The molecule has 0 bridgehead atoms. The predicted octanol–water partition coefficient (Wildman–Crippen LogP) is 2.16. The summed E-state index contributed by atoms with van der Waals surface area (Å²) in [5, 5.41) is 6.97. The Morgan fingerprint density at radius 1 is 1.23 bits per heavy atom. The van der Waals surface area contributed by atoms with Gasteiger partial charge in [0.15, 0.2) is 5.82 Å². The molecule has 0 saturated carbocycles. The summed E-state index contributed by atoms with van der Waals surface area (Å²) >= 11 is 0. The minimum atomic E-state index is -2.72. The highest BCUT2D eigenvalue weighted by atomic mass is 19.3. The number of amides is 2. The molecule has 2 fully saturated rings. The second kappa shape index (κ2) is 10.6. The highest BCUT2D eigenvalue weighted by molar-refractivity contribution is 5.98. The fourth-order valence-electron chi connectivity index (χ4n) is 5.18. The summed E-state index contributed by atoms with van der Waals surface area (Å²) in [6, 6.07) is 2.39. The van der Waals surface area contributed by atoms with Gasteiger partial charge in [0.05, 0.1) is 38.5 Å². The van der Waals surface area contributed by atoms with Gasteiger partial charge in [-0.05, 0) is 23.6 Å². The molecular weight excluding hydrogens is 529 g/mol. The van der Waals surface area contributed by atoms with Crippen molar-refractivity contribution < 1.29 is 27.5 Å². The number of aromatic nitrogens is 4. The van der Waals surface area contributed by atoms with E-state index in [-0.39, 0.29) is 61.8 Å². The number of hydrogen-bond acceptors (Lipinski definition) is 8. The fourth-order valence-corrected chi connectivity index (χ4v) is 5.18. The molecule has 5 rings (SSSR count). The quantitative estimate of drug-likeness (QED) is 0.429. The molecule has 40 heavy (non-hydrogen) atoms. The molecule has 3 N–H and O–H groups in total. The first-order valence-corrected chi connectivity index (χ1v) is 12.9. The Balaban J connectivity index is 1.42. The van der Waals surface area contributed by atoms with E-state index in [9.17, 15) is 22.8 Å². The van der Waals surface area contributed by atoms with Crippen molar-refractivity contribution in [2.75, 3.05) is 39.0 Å². The zero-order chi connectivity index (χ0) is 28.8. The lowest BCUT2D eigenvalue weighted by Crippen LogP contribution is -2.55. The van der Waals surface area contributed by atoms with Crippen molar-refractivity contribution in [1.29, 1.82) is 0 Å². The number of rotatable bonds is 8. The number of likely N-dealkylation sites (tertiary alicyclic amines) is 2. The van der Waals surface area contributed by atoms with E-state index < -0.39 is 24.0 Å². The third-order valence-electron chi connectivity index (χ3n) is 7.05. The highest BCUT2D eigenvalue weighted by Gasteiger charge is 2.44. The smallest absolute Gasteiger partial charge is 0.272 e. The van der Waals surface area contributed by atoms with Crippen LogP contribution in [0.4, 0.5) is 19.0 Å². The number of nitrogens with two attached hydrogens (primary N) is 1. The maximum absolute atomic E-state index is 14.8.